The van der Waals surface area contributed by atoms with E-state index in [2.05, 4.69) is 11.5 Å². The predicted octanol–water partition coefficient (Wildman–Crippen LogP) is 0.710. The van der Waals surface area contributed by atoms with Crippen molar-refractivity contribution >= 4 is 0 Å². The third-order valence-corrected chi connectivity index (χ3v) is 2.47. The van der Waals surface area contributed by atoms with Gasteiger partial charge in [-0.25, -0.2) is 0 Å². The minimum atomic E-state index is 0.662. The van der Waals surface area contributed by atoms with E-state index in [-0.39, 0.29) is 0 Å². The van der Waals surface area contributed by atoms with E-state index in [1.165, 1.54) is 25.7 Å². The summed E-state index contributed by atoms with van der Waals surface area (Å²) < 4.78 is 13.8. The molecule has 0 amide bonds. The average molecular weight is 144 g/mol. The van der Waals surface area contributed by atoms with Crippen molar-refractivity contribution in [3.63, 3.8) is 0 Å². The molecule has 0 unspecified atom stereocenters. The Morgan fingerprint density at radius 1 is 1.20 bits per heavy atom. The highest BCUT2D eigenvalue weighted by atomic mass is 14.6. The standard InChI is InChI=1S/C8H18N2/c9-5-7-2-1-3-8(4-7)6-10/h7-8H,1-6,9-10H2/t7-,8-/m1/s1/i/hD2. The van der Waals surface area contributed by atoms with Crippen molar-refractivity contribution in [2.75, 3.05) is 13.1 Å². The van der Waals surface area contributed by atoms with E-state index in [1.54, 1.807) is 0 Å². The van der Waals surface area contributed by atoms with Crippen LogP contribution in [0.1, 0.15) is 25.7 Å². The Morgan fingerprint density at radius 2 is 1.80 bits per heavy atom. The van der Waals surface area contributed by atoms with Crippen molar-refractivity contribution in [3.8, 4) is 0 Å². The highest BCUT2D eigenvalue weighted by Crippen LogP contribution is 2.27. The maximum absolute atomic E-state index is 6.90. The molecule has 0 saturated heterocycles. The van der Waals surface area contributed by atoms with E-state index in [1.807, 2.05) is 0 Å². The summed E-state index contributed by atoms with van der Waals surface area (Å²) in [6.45, 7) is 1.63. The molecule has 1 fully saturated rings. The summed E-state index contributed by atoms with van der Waals surface area (Å²) in [6, 6.07) is 0. The van der Waals surface area contributed by atoms with Crippen molar-refractivity contribution in [2.24, 2.45) is 23.3 Å². The smallest absolute Gasteiger partial charge is 0.118 e. The van der Waals surface area contributed by atoms with E-state index >= 15 is 0 Å². The van der Waals surface area contributed by atoms with Crippen LogP contribution in [-0.4, -0.2) is 13.1 Å². The summed E-state index contributed by atoms with van der Waals surface area (Å²) >= 11 is 0. The molecule has 1 aliphatic rings. The maximum atomic E-state index is 6.90. The lowest BCUT2D eigenvalue weighted by molar-refractivity contribution is 0.277. The fourth-order valence-electron chi connectivity index (χ4n) is 1.77. The molecular weight excluding hydrogens is 124 g/mol. The average Bonchev–Trinajstić information content (AvgIpc) is 2.06. The van der Waals surface area contributed by atoms with Crippen LogP contribution in [0, 0.1) is 11.8 Å². The van der Waals surface area contributed by atoms with Gasteiger partial charge in [-0.1, -0.05) is 6.42 Å². The number of rotatable bonds is 4. The van der Waals surface area contributed by atoms with Gasteiger partial charge in [0.2, 0.25) is 0 Å². The SMILES string of the molecule is [2H]NC[C@@H]1CCC[C@@H](CN[2H])C1. The van der Waals surface area contributed by atoms with Gasteiger partial charge >= 0.3 is 0 Å². The molecule has 10 heavy (non-hydrogen) atoms. The highest BCUT2D eigenvalue weighted by molar-refractivity contribution is 4.73. The summed E-state index contributed by atoms with van der Waals surface area (Å²) in [4.78, 5) is 0. The molecule has 0 radical (unpaired) electrons. The van der Waals surface area contributed by atoms with Gasteiger partial charge in [0.05, 0.1) is 0 Å². The number of hydrogen-bond acceptors (Lipinski definition) is 2. The molecule has 2 atom stereocenters. The molecular formula is C8H18N2. The minimum Gasteiger partial charge on any atom is -0.330 e. The molecule has 2 nitrogen and oxygen atoms in total. The molecule has 0 bridgehead atoms. The van der Waals surface area contributed by atoms with E-state index in [0.717, 1.165) is 13.1 Å². The van der Waals surface area contributed by atoms with Crippen LogP contribution in [0.5, 0.6) is 0 Å². The van der Waals surface area contributed by atoms with E-state index in [0.29, 0.717) is 11.8 Å². The zero-order chi connectivity index (χ0) is 8.81. The zero-order valence-electron chi connectivity index (χ0n) is 8.40. The second-order valence-corrected chi connectivity index (χ2v) is 3.31. The van der Waals surface area contributed by atoms with Crippen LogP contribution in [-0.2, 0) is 0 Å². The van der Waals surface area contributed by atoms with Crippen molar-refractivity contribution in [1.29, 1.82) is 0 Å². The second-order valence-electron chi connectivity index (χ2n) is 3.31. The van der Waals surface area contributed by atoms with Gasteiger partial charge in [0.1, 0.15) is 2.82 Å². The third-order valence-electron chi connectivity index (χ3n) is 2.47. The Kier molecular flexibility index (Phi) is 2.19. The summed E-state index contributed by atoms with van der Waals surface area (Å²) in [5.74, 6) is 1.32. The second kappa shape index (κ2) is 3.94. The molecule has 0 aliphatic heterocycles. The lowest BCUT2D eigenvalue weighted by Gasteiger charge is -2.26. The molecule has 60 valence electrons. The van der Waals surface area contributed by atoms with Gasteiger partial charge in [-0.15, -0.1) is 0 Å². The van der Waals surface area contributed by atoms with Gasteiger partial charge in [0.15, 0.2) is 0 Å². The van der Waals surface area contributed by atoms with Crippen LogP contribution in [0.2, 0.25) is 2.82 Å². The monoisotopic (exact) mass is 144 g/mol. The molecule has 4 N–H and O–H groups in total. The fourth-order valence-corrected chi connectivity index (χ4v) is 1.77. The van der Waals surface area contributed by atoms with Crippen molar-refractivity contribution in [2.45, 2.75) is 25.7 Å². The molecule has 1 saturated carbocycles. The number of hydrogen-bond donors (Lipinski definition) is 2. The fraction of sp³-hybridized carbons (Fsp3) is 1.00. The van der Waals surface area contributed by atoms with Crippen LogP contribution >= 0.6 is 0 Å². The Hall–Kier alpha value is -0.0800. The first kappa shape index (κ1) is 5.56. The largest absolute Gasteiger partial charge is 0.330 e. The Bertz CT molecular complexity index is 106. The van der Waals surface area contributed by atoms with Crippen LogP contribution in [0.25, 0.3) is 0 Å². The Morgan fingerprint density at radius 3 is 2.30 bits per heavy atom. The quantitative estimate of drug-likeness (QED) is 0.610. The van der Waals surface area contributed by atoms with E-state index in [9.17, 15) is 0 Å². The zero-order valence-corrected chi connectivity index (χ0v) is 6.40. The van der Waals surface area contributed by atoms with Crippen molar-refractivity contribution in [1.82, 2.24) is 0 Å². The molecule has 0 aromatic rings. The number of nitrogens with two attached hydrogens (primary N) is 2. The van der Waals surface area contributed by atoms with Gasteiger partial charge in [-0.05, 0) is 44.2 Å². The van der Waals surface area contributed by atoms with Gasteiger partial charge in [-0.3, -0.25) is 0 Å². The molecule has 0 aromatic carbocycles. The van der Waals surface area contributed by atoms with E-state index < -0.39 is 0 Å². The Balaban J connectivity index is 2.20. The van der Waals surface area contributed by atoms with Gasteiger partial charge < -0.3 is 11.5 Å². The van der Waals surface area contributed by atoms with Crippen LogP contribution in [0.4, 0.5) is 0 Å². The molecule has 0 spiro atoms. The Labute approximate surface area is 65.9 Å². The lowest BCUT2D eigenvalue weighted by atomic mass is 9.81. The lowest BCUT2D eigenvalue weighted by Crippen LogP contribution is -2.26. The van der Waals surface area contributed by atoms with Crippen LogP contribution in [0.3, 0.4) is 0 Å². The minimum absolute atomic E-state index is 0.662. The first-order valence-corrected chi connectivity index (χ1v) is 4.16. The first-order chi connectivity index (χ1) is 5.86. The third kappa shape index (κ3) is 1.96. The molecule has 2 heteroatoms. The molecule has 1 aliphatic carbocycles. The predicted molar refractivity (Wildman–Crippen MR) is 43.6 cm³/mol. The molecule has 1 rings (SSSR count). The summed E-state index contributed by atoms with van der Waals surface area (Å²) in [7, 11) is 0. The first-order valence-electron chi connectivity index (χ1n) is 5.16. The molecule has 0 aromatic heterocycles. The maximum Gasteiger partial charge on any atom is 0.118 e. The highest BCUT2D eigenvalue weighted by Gasteiger charge is 2.19. The summed E-state index contributed by atoms with van der Waals surface area (Å²) in [5, 5.41) is 0. The topological polar surface area (TPSA) is 52.0 Å². The molecule has 0 heterocycles. The normalized spacial score (nSPS) is 36.8. The van der Waals surface area contributed by atoms with Crippen molar-refractivity contribution < 1.29 is 2.82 Å². The van der Waals surface area contributed by atoms with Gasteiger partial charge in [0, 0.05) is 0 Å². The van der Waals surface area contributed by atoms with Gasteiger partial charge in [-0.2, -0.15) is 0 Å². The summed E-state index contributed by atoms with van der Waals surface area (Å²) in [6.07, 6.45) is 4.94. The van der Waals surface area contributed by atoms with Crippen molar-refractivity contribution in [3.05, 3.63) is 0 Å². The van der Waals surface area contributed by atoms with Crippen LogP contribution in [0.15, 0.2) is 0 Å². The van der Waals surface area contributed by atoms with Gasteiger partial charge in [0.25, 0.3) is 0 Å². The van der Waals surface area contributed by atoms with Crippen LogP contribution < -0.4 is 11.5 Å². The summed E-state index contributed by atoms with van der Waals surface area (Å²) in [5.41, 5.74) is 4.97. The van der Waals surface area contributed by atoms with E-state index in [4.69, 9.17) is 2.82 Å².